The van der Waals surface area contributed by atoms with E-state index in [1.54, 1.807) is 11.8 Å². The topological polar surface area (TPSA) is 55.1 Å². The molecule has 1 aromatic rings. The minimum atomic E-state index is -0.433. The van der Waals surface area contributed by atoms with Gasteiger partial charge >= 0.3 is 0 Å². The van der Waals surface area contributed by atoms with Crippen LogP contribution in [-0.4, -0.2) is 17.7 Å². The number of nitrogens with one attached hydrogen (secondary N) is 1. The fourth-order valence-corrected chi connectivity index (χ4v) is 2.37. The van der Waals surface area contributed by atoms with Crippen LogP contribution in [0.2, 0.25) is 0 Å². The number of amides is 1. The molecule has 3 nitrogen and oxygen atoms in total. The smallest absolute Gasteiger partial charge is 0.241 e. The van der Waals surface area contributed by atoms with E-state index in [4.69, 9.17) is 5.73 Å². The Hall–Kier alpha value is -1.26. The van der Waals surface area contributed by atoms with Gasteiger partial charge in [0, 0.05) is 10.6 Å². The highest BCUT2D eigenvalue weighted by molar-refractivity contribution is 7.99. The van der Waals surface area contributed by atoms with Crippen LogP contribution in [0.4, 0.5) is 5.69 Å². The number of para-hydroxylation sites is 1. The summed E-state index contributed by atoms with van der Waals surface area (Å²) in [5.41, 5.74) is 6.69. The number of rotatable bonds is 8. The Kier molecular flexibility index (Phi) is 7.30. The van der Waals surface area contributed by atoms with Crippen molar-refractivity contribution in [2.75, 3.05) is 11.1 Å². The number of benzene rings is 1. The van der Waals surface area contributed by atoms with Crippen molar-refractivity contribution < 1.29 is 4.79 Å². The zero-order valence-corrected chi connectivity index (χ0v) is 12.2. The highest BCUT2D eigenvalue weighted by Gasteiger charge is 2.14. The zero-order chi connectivity index (χ0) is 14.1. The molecule has 0 aromatic heterocycles. The molecule has 104 valence electrons. The zero-order valence-electron chi connectivity index (χ0n) is 11.4. The summed E-state index contributed by atoms with van der Waals surface area (Å²) in [6.45, 7) is 5.79. The molecule has 0 aliphatic carbocycles. The van der Waals surface area contributed by atoms with Gasteiger partial charge in [0.25, 0.3) is 0 Å². The molecule has 0 heterocycles. The molecule has 1 atom stereocenters. The van der Waals surface area contributed by atoms with Gasteiger partial charge in [0.2, 0.25) is 5.91 Å². The van der Waals surface area contributed by atoms with Crippen molar-refractivity contribution in [3.8, 4) is 0 Å². The van der Waals surface area contributed by atoms with E-state index in [2.05, 4.69) is 18.8 Å². The lowest BCUT2D eigenvalue weighted by Gasteiger charge is -2.14. The van der Waals surface area contributed by atoms with Gasteiger partial charge in [-0.05, 0) is 18.6 Å². The second-order valence-electron chi connectivity index (χ2n) is 4.33. The lowest BCUT2D eigenvalue weighted by Crippen LogP contribution is -2.35. The van der Waals surface area contributed by atoms with Crippen molar-refractivity contribution in [1.82, 2.24) is 0 Å². The third-order valence-corrected chi connectivity index (χ3v) is 3.78. The van der Waals surface area contributed by atoms with Crippen LogP contribution in [0.25, 0.3) is 0 Å². The monoisotopic (exact) mass is 278 g/mol. The van der Waals surface area contributed by atoms with E-state index < -0.39 is 6.04 Å². The largest absolute Gasteiger partial charge is 0.324 e. The highest BCUT2D eigenvalue weighted by Crippen LogP contribution is 2.27. The van der Waals surface area contributed by atoms with Crippen LogP contribution in [0.1, 0.15) is 26.2 Å². The molecule has 19 heavy (non-hydrogen) atoms. The summed E-state index contributed by atoms with van der Waals surface area (Å²) in [6, 6.07) is 7.32. The van der Waals surface area contributed by atoms with Crippen LogP contribution in [0.3, 0.4) is 0 Å². The molecule has 3 N–H and O–H groups in total. The van der Waals surface area contributed by atoms with E-state index >= 15 is 0 Å². The standard InChI is InChI=1S/C15H22N2OS/c1-3-5-8-12(16)15(18)17-13-9-6-7-10-14(13)19-11-4-2/h4,6-7,9-10,12H,2-3,5,8,11,16H2,1H3,(H,17,18)/t12-/m0/s1. The number of carbonyl (C=O) groups is 1. The second kappa shape index (κ2) is 8.77. The third-order valence-electron chi connectivity index (χ3n) is 2.71. The highest BCUT2D eigenvalue weighted by atomic mass is 32.2. The summed E-state index contributed by atoms with van der Waals surface area (Å²) in [5.74, 6) is 0.703. The third kappa shape index (κ3) is 5.49. The molecule has 1 amide bonds. The van der Waals surface area contributed by atoms with Gasteiger partial charge in [-0.2, -0.15) is 0 Å². The number of hydrogen-bond donors (Lipinski definition) is 2. The predicted molar refractivity (Wildman–Crippen MR) is 83.5 cm³/mol. The predicted octanol–water partition coefficient (Wildman–Crippen LogP) is 3.42. The van der Waals surface area contributed by atoms with Crippen molar-refractivity contribution in [3.05, 3.63) is 36.9 Å². The van der Waals surface area contributed by atoms with Crippen molar-refractivity contribution in [1.29, 1.82) is 0 Å². The van der Waals surface area contributed by atoms with Crippen LogP contribution < -0.4 is 11.1 Å². The first-order valence-corrected chi connectivity index (χ1v) is 7.56. The summed E-state index contributed by atoms with van der Waals surface area (Å²) in [7, 11) is 0. The van der Waals surface area contributed by atoms with Crippen molar-refractivity contribution in [3.63, 3.8) is 0 Å². The number of unbranched alkanes of at least 4 members (excludes halogenated alkanes) is 1. The summed E-state index contributed by atoms with van der Waals surface area (Å²) in [5, 5.41) is 2.91. The van der Waals surface area contributed by atoms with Crippen molar-refractivity contribution >= 4 is 23.4 Å². The van der Waals surface area contributed by atoms with Gasteiger partial charge in [0.15, 0.2) is 0 Å². The average Bonchev–Trinajstić information content (AvgIpc) is 2.43. The van der Waals surface area contributed by atoms with Crippen LogP contribution in [-0.2, 0) is 4.79 Å². The fraction of sp³-hybridized carbons (Fsp3) is 0.400. The molecule has 1 aromatic carbocycles. The summed E-state index contributed by atoms with van der Waals surface area (Å²) in [6.07, 6.45) is 4.59. The first-order valence-electron chi connectivity index (χ1n) is 6.58. The summed E-state index contributed by atoms with van der Waals surface area (Å²) in [4.78, 5) is 13.0. The maximum atomic E-state index is 12.0. The quantitative estimate of drug-likeness (QED) is 0.566. The van der Waals surface area contributed by atoms with Crippen molar-refractivity contribution in [2.24, 2.45) is 5.73 Å². The number of anilines is 1. The molecule has 0 spiro atoms. The van der Waals surface area contributed by atoms with E-state index in [1.807, 2.05) is 30.3 Å². The lowest BCUT2D eigenvalue weighted by atomic mass is 10.1. The second-order valence-corrected chi connectivity index (χ2v) is 5.40. The molecule has 0 saturated carbocycles. The summed E-state index contributed by atoms with van der Waals surface area (Å²) < 4.78 is 0. The summed E-state index contributed by atoms with van der Waals surface area (Å²) >= 11 is 1.65. The molecule has 0 aliphatic rings. The Bertz CT molecular complexity index is 420. The van der Waals surface area contributed by atoms with E-state index in [0.717, 1.165) is 35.6 Å². The Morgan fingerprint density at radius 3 is 2.95 bits per heavy atom. The van der Waals surface area contributed by atoms with Gasteiger partial charge in [-0.25, -0.2) is 0 Å². The molecule has 0 fully saturated rings. The van der Waals surface area contributed by atoms with Gasteiger partial charge in [-0.15, -0.1) is 18.3 Å². The maximum Gasteiger partial charge on any atom is 0.241 e. The number of nitrogens with two attached hydrogens (primary N) is 1. The van der Waals surface area contributed by atoms with Gasteiger partial charge in [0.05, 0.1) is 11.7 Å². The van der Waals surface area contributed by atoms with E-state index in [1.165, 1.54) is 0 Å². The molecular formula is C15H22N2OS. The molecule has 0 bridgehead atoms. The molecular weight excluding hydrogens is 256 g/mol. The number of carbonyl (C=O) groups excluding carboxylic acids is 1. The van der Waals surface area contributed by atoms with Crippen LogP contribution in [0, 0.1) is 0 Å². The average molecular weight is 278 g/mol. The van der Waals surface area contributed by atoms with Gasteiger partial charge in [0.1, 0.15) is 0 Å². The first kappa shape index (κ1) is 15.8. The Labute approximate surface area is 119 Å². The van der Waals surface area contributed by atoms with E-state index in [0.29, 0.717) is 0 Å². The Morgan fingerprint density at radius 2 is 2.26 bits per heavy atom. The molecule has 0 saturated heterocycles. The molecule has 1 rings (SSSR count). The fourth-order valence-electron chi connectivity index (χ4n) is 1.63. The van der Waals surface area contributed by atoms with Crippen LogP contribution in [0.5, 0.6) is 0 Å². The minimum Gasteiger partial charge on any atom is -0.324 e. The Morgan fingerprint density at radius 1 is 1.53 bits per heavy atom. The lowest BCUT2D eigenvalue weighted by molar-refractivity contribution is -0.117. The molecule has 0 aliphatic heterocycles. The van der Waals surface area contributed by atoms with E-state index in [9.17, 15) is 4.79 Å². The number of thioether (sulfide) groups is 1. The van der Waals surface area contributed by atoms with Gasteiger partial charge < -0.3 is 11.1 Å². The van der Waals surface area contributed by atoms with E-state index in [-0.39, 0.29) is 5.91 Å². The first-order chi connectivity index (χ1) is 9.19. The Balaban J connectivity index is 2.64. The normalized spacial score (nSPS) is 11.9. The van der Waals surface area contributed by atoms with Gasteiger partial charge in [-0.1, -0.05) is 38.0 Å². The molecule has 0 radical (unpaired) electrons. The van der Waals surface area contributed by atoms with Crippen LogP contribution in [0.15, 0.2) is 41.8 Å². The van der Waals surface area contributed by atoms with Crippen LogP contribution >= 0.6 is 11.8 Å². The number of hydrogen-bond acceptors (Lipinski definition) is 3. The minimum absolute atomic E-state index is 0.111. The molecule has 0 unspecified atom stereocenters. The molecule has 4 heteroatoms. The van der Waals surface area contributed by atoms with Crippen molar-refractivity contribution in [2.45, 2.75) is 37.1 Å². The van der Waals surface area contributed by atoms with Gasteiger partial charge in [-0.3, -0.25) is 4.79 Å². The SMILES string of the molecule is C=CCSc1ccccc1NC(=O)[C@@H](N)CCCC. The maximum absolute atomic E-state index is 12.0.